The van der Waals surface area contributed by atoms with Gasteiger partial charge in [0.2, 0.25) is 10.0 Å². The fourth-order valence-corrected chi connectivity index (χ4v) is 4.46. The minimum absolute atomic E-state index is 0.165. The number of nitrogens with zero attached hydrogens (tertiary/aromatic N) is 3. The third kappa shape index (κ3) is 3.13. The Labute approximate surface area is 139 Å². The lowest BCUT2D eigenvalue weighted by Gasteiger charge is -2.27. The van der Waals surface area contributed by atoms with Crippen LogP contribution >= 0.6 is 11.6 Å². The molecule has 0 N–H and O–H groups in total. The molecule has 1 aromatic carbocycles. The zero-order valence-electron chi connectivity index (χ0n) is 12.6. The summed E-state index contributed by atoms with van der Waals surface area (Å²) in [5, 5.41) is -0.194. The zero-order chi connectivity index (χ0) is 16.6. The maximum absolute atomic E-state index is 14.0. The maximum Gasteiger partial charge on any atom is 0.245 e. The van der Waals surface area contributed by atoms with Crippen LogP contribution in [0.5, 0.6) is 0 Å². The van der Waals surface area contributed by atoms with Gasteiger partial charge in [0.15, 0.2) is 5.82 Å². The first-order valence-electron chi connectivity index (χ1n) is 7.30. The van der Waals surface area contributed by atoms with Gasteiger partial charge in [-0.2, -0.15) is 0 Å². The van der Waals surface area contributed by atoms with E-state index >= 15 is 0 Å². The molecule has 1 aromatic heterocycles. The second-order valence-electron chi connectivity index (χ2n) is 5.74. The van der Waals surface area contributed by atoms with Gasteiger partial charge in [0.05, 0.1) is 5.02 Å². The molecule has 2 aromatic rings. The molecular weight excluding hydrogens is 341 g/mol. The first-order chi connectivity index (χ1) is 10.9. The average Bonchev–Trinajstić information content (AvgIpc) is 2.97. The molecule has 124 valence electrons. The summed E-state index contributed by atoms with van der Waals surface area (Å²) in [6.07, 6.45) is 5.32. The molecule has 0 bridgehead atoms. The Morgan fingerprint density at radius 2 is 2.26 bits per heavy atom. The number of halogens is 2. The van der Waals surface area contributed by atoms with Gasteiger partial charge in [0.25, 0.3) is 0 Å². The number of rotatable bonds is 4. The second-order valence-corrected chi connectivity index (χ2v) is 8.16. The van der Waals surface area contributed by atoms with Crippen LogP contribution in [0, 0.1) is 11.7 Å². The number of fused-ring (bicyclic) bond motifs is 1. The highest BCUT2D eigenvalue weighted by atomic mass is 35.5. The molecule has 0 fully saturated rings. The van der Waals surface area contributed by atoms with E-state index in [0.717, 1.165) is 18.7 Å². The van der Waals surface area contributed by atoms with Gasteiger partial charge in [-0.15, -0.1) is 0 Å². The highest BCUT2D eigenvalue weighted by Crippen LogP contribution is 2.26. The predicted octanol–water partition coefficient (Wildman–Crippen LogP) is 2.56. The molecule has 0 spiro atoms. The molecule has 1 atom stereocenters. The van der Waals surface area contributed by atoms with Gasteiger partial charge in [-0.3, -0.25) is 0 Å². The number of benzene rings is 1. The highest BCUT2D eigenvalue weighted by Gasteiger charge is 2.29. The number of aromatic nitrogens is 2. The van der Waals surface area contributed by atoms with Gasteiger partial charge in [0.1, 0.15) is 10.7 Å². The third-order valence-corrected chi connectivity index (χ3v) is 6.29. The maximum atomic E-state index is 14.0. The van der Waals surface area contributed by atoms with E-state index in [-0.39, 0.29) is 15.8 Å². The Bertz CT molecular complexity index is 822. The Hall–Kier alpha value is -1.44. The van der Waals surface area contributed by atoms with E-state index in [0.29, 0.717) is 13.1 Å². The van der Waals surface area contributed by atoms with Gasteiger partial charge in [0, 0.05) is 39.0 Å². The quantitative estimate of drug-likeness (QED) is 0.845. The molecular formula is C15H17ClFN3O2S. The SMILES string of the molecule is CN(CC1CCc2nccn2C1)S(=O)(=O)c1cccc(Cl)c1F. The van der Waals surface area contributed by atoms with Crippen LogP contribution in [0.1, 0.15) is 12.2 Å². The summed E-state index contributed by atoms with van der Waals surface area (Å²) >= 11 is 5.69. The third-order valence-electron chi connectivity index (χ3n) is 4.15. The van der Waals surface area contributed by atoms with Crippen molar-refractivity contribution in [2.24, 2.45) is 5.92 Å². The highest BCUT2D eigenvalue weighted by molar-refractivity contribution is 7.89. The molecule has 0 saturated heterocycles. The monoisotopic (exact) mass is 357 g/mol. The fourth-order valence-electron chi connectivity index (χ4n) is 2.90. The van der Waals surface area contributed by atoms with Crippen LogP contribution < -0.4 is 0 Å². The molecule has 1 aliphatic rings. The van der Waals surface area contributed by atoms with Crippen molar-refractivity contribution >= 4 is 21.6 Å². The van der Waals surface area contributed by atoms with Crippen molar-refractivity contribution in [1.29, 1.82) is 0 Å². The smallest absolute Gasteiger partial charge is 0.245 e. The zero-order valence-corrected chi connectivity index (χ0v) is 14.2. The standard InChI is InChI=1S/C15H17ClFN3O2S/c1-19(9-11-5-6-14-18-7-8-20(14)10-11)23(21,22)13-4-2-3-12(16)15(13)17/h2-4,7-8,11H,5-6,9-10H2,1H3. The van der Waals surface area contributed by atoms with Gasteiger partial charge in [-0.05, 0) is 24.5 Å². The summed E-state index contributed by atoms with van der Waals surface area (Å²) in [6, 6.07) is 4.00. The van der Waals surface area contributed by atoms with E-state index in [1.54, 1.807) is 6.20 Å². The average molecular weight is 358 g/mol. The van der Waals surface area contributed by atoms with Crippen molar-refractivity contribution in [3.63, 3.8) is 0 Å². The first kappa shape index (κ1) is 16.4. The van der Waals surface area contributed by atoms with Gasteiger partial charge in [-0.1, -0.05) is 17.7 Å². The minimum Gasteiger partial charge on any atom is -0.335 e. The van der Waals surface area contributed by atoms with Crippen LogP contribution in [-0.2, 0) is 23.0 Å². The van der Waals surface area contributed by atoms with Crippen LogP contribution in [0.25, 0.3) is 0 Å². The second kappa shape index (κ2) is 6.22. The van der Waals surface area contributed by atoms with Crippen LogP contribution in [0.4, 0.5) is 4.39 Å². The Kier molecular flexibility index (Phi) is 4.44. The Balaban J connectivity index is 1.77. The molecule has 1 aliphatic heterocycles. The normalized spacial score (nSPS) is 18.2. The number of hydrogen-bond acceptors (Lipinski definition) is 3. The van der Waals surface area contributed by atoms with Gasteiger partial charge >= 0.3 is 0 Å². The first-order valence-corrected chi connectivity index (χ1v) is 9.11. The number of hydrogen-bond donors (Lipinski definition) is 0. The van der Waals surface area contributed by atoms with E-state index < -0.39 is 15.8 Å². The van der Waals surface area contributed by atoms with E-state index in [1.807, 2.05) is 10.8 Å². The molecule has 8 heteroatoms. The molecule has 23 heavy (non-hydrogen) atoms. The van der Waals surface area contributed by atoms with Crippen molar-refractivity contribution in [2.45, 2.75) is 24.3 Å². The molecule has 5 nitrogen and oxygen atoms in total. The van der Waals surface area contributed by atoms with Crippen molar-refractivity contribution in [3.8, 4) is 0 Å². The Morgan fingerprint density at radius 3 is 3.04 bits per heavy atom. The molecule has 0 aliphatic carbocycles. The van der Waals surface area contributed by atoms with Crippen LogP contribution in [0.3, 0.4) is 0 Å². The lowest BCUT2D eigenvalue weighted by Crippen LogP contribution is -2.35. The van der Waals surface area contributed by atoms with Crippen LogP contribution in [-0.4, -0.2) is 35.9 Å². The van der Waals surface area contributed by atoms with Crippen molar-refractivity contribution < 1.29 is 12.8 Å². The molecule has 2 heterocycles. The predicted molar refractivity (Wildman–Crippen MR) is 85.3 cm³/mol. The fraction of sp³-hybridized carbons (Fsp3) is 0.400. The Morgan fingerprint density at radius 1 is 1.48 bits per heavy atom. The summed E-state index contributed by atoms with van der Waals surface area (Å²) in [7, 11) is -2.44. The number of sulfonamides is 1. The summed E-state index contributed by atoms with van der Waals surface area (Å²) < 4.78 is 42.4. The number of imidazole rings is 1. The molecule has 1 unspecified atom stereocenters. The van der Waals surface area contributed by atoms with Crippen molar-refractivity contribution in [3.05, 3.63) is 47.3 Å². The summed E-state index contributed by atoms with van der Waals surface area (Å²) in [4.78, 5) is 3.87. The van der Waals surface area contributed by atoms with Gasteiger partial charge < -0.3 is 4.57 Å². The number of aryl methyl sites for hydroxylation is 1. The van der Waals surface area contributed by atoms with Crippen molar-refractivity contribution in [1.82, 2.24) is 13.9 Å². The molecule has 3 rings (SSSR count). The van der Waals surface area contributed by atoms with Crippen molar-refractivity contribution in [2.75, 3.05) is 13.6 Å². The lowest BCUT2D eigenvalue weighted by molar-refractivity contribution is 0.302. The van der Waals surface area contributed by atoms with Gasteiger partial charge in [-0.25, -0.2) is 22.1 Å². The largest absolute Gasteiger partial charge is 0.335 e. The summed E-state index contributed by atoms with van der Waals surface area (Å²) in [5.74, 6) is 0.285. The molecule has 0 radical (unpaired) electrons. The van der Waals surface area contributed by atoms with E-state index in [9.17, 15) is 12.8 Å². The van der Waals surface area contributed by atoms with E-state index in [2.05, 4.69) is 4.98 Å². The van der Waals surface area contributed by atoms with Crippen LogP contribution in [0.2, 0.25) is 5.02 Å². The topological polar surface area (TPSA) is 55.2 Å². The van der Waals surface area contributed by atoms with E-state index in [4.69, 9.17) is 11.6 Å². The summed E-state index contributed by atoms with van der Waals surface area (Å²) in [5.41, 5.74) is 0. The lowest BCUT2D eigenvalue weighted by atomic mass is 10.00. The molecule has 0 amide bonds. The van der Waals surface area contributed by atoms with E-state index in [1.165, 1.54) is 29.6 Å². The molecule has 0 saturated carbocycles. The minimum atomic E-state index is -3.91. The summed E-state index contributed by atoms with van der Waals surface area (Å²) in [6.45, 7) is 1.04. The van der Waals surface area contributed by atoms with Crippen LogP contribution in [0.15, 0.2) is 35.5 Å².